The van der Waals surface area contributed by atoms with Gasteiger partial charge in [0.05, 0.1) is 19.7 Å². The van der Waals surface area contributed by atoms with Crippen molar-refractivity contribution in [1.82, 2.24) is 4.90 Å². The highest BCUT2D eigenvalue weighted by atomic mass is 28.4. The highest BCUT2D eigenvalue weighted by Gasteiger charge is 2.51. The summed E-state index contributed by atoms with van der Waals surface area (Å²) in [4.78, 5) is 26.9. The van der Waals surface area contributed by atoms with Crippen LogP contribution < -0.4 is 4.74 Å². The number of benzene rings is 1. The Hall–Kier alpha value is -2.06. The van der Waals surface area contributed by atoms with Crippen molar-refractivity contribution in [2.75, 3.05) is 13.7 Å². The Labute approximate surface area is 199 Å². The van der Waals surface area contributed by atoms with Gasteiger partial charge in [-0.05, 0) is 63.0 Å². The molecule has 0 aliphatic carbocycles. The Balaban J connectivity index is 2.43. The minimum Gasteiger partial charge on any atom is -0.497 e. The van der Waals surface area contributed by atoms with Crippen molar-refractivity contribution in [3.05, 3.63) is 29.8 Å². The van der Waals surface area contributed by atoms with Gasteiger partial charge in [0, 0.05) is 6.92 Å². The fourth-order valence-corrected chi connectivity index (χ4v) is 4.94. The van der Waals surface area contributed by atoms with E-state index in [0.29, 0.717) is 13.0 Å². The van der Waals surface area contributed by atoms with Crippen LogP contribution in [0.2, 0.25) is 18.1 Å². The molecule has 1 saturated heterocycles. The molecule has 1 amide bonds. The first-order chi connectivity index (χ1) is 15.0. The number of ether oxygens (including phenoxy) is 3. The minimum absolute atomic E-state index is 0.0292. The summed E-state index contributed by atoms with van der Waals surface area (Å²) in [5.74, 6) is 0.361. The van der Waals surface area contributed by atoms with Crippen molar-refractivity contribution in [2.24, 2.45) is 0 Å². The van der Waals surface area contributed by atoms with Gasteiger partial charge in [0.2, 0.25) is 0 Å². The molecule has 8 heteroatoms. The molecule has 0 unspecified atom stereocenters. The molecule has 1 aromatic rings. The van der Waals surface area contributed by atoms with Gasteiger partial charge in [-0.15, -0.1) is 0 Å². The van der Waals surface area contributed by atoms with Gasteiger partial charge < -0.3 is 18.6 Å². The number of hydrogen-bond acceptors (Lipinski definition) is 6. The second-order valence-corrected chi connectivity index (χ2v) is 16.0. The van der Waals surface area contributed by atoms with Gasteiger partial charge in [-0.3, -0.25) is 9.69 Å². The first-order valence-electron chi connectivity index (χ1n) is 11.5. The Morgan fingerprint density at radius 2 is 1.64 bits per heavy atom. The fourth-order valence-electron chi connectivity index (χ4n) is 3.62. The zero-order valence-corrected chi connectivity index (χ0v) is 22.9. The van der Waals surface area contributed by atoms with E-state index in [0.717, 1.165) is 11.3 Å². The first kappa shape index (κ1) is 27.2. The van der Waals surface area contributed by atoms with Crippen LogP contribution in [-0.4, -0.2) is 62.8 Å². The predicted octanol–water partition coefficient (Wildman–Crippen LogP) is 5.18. The zero-order chi connectivity index (χ0) is 25.2. The molecule has 33 heavy (non-hydrogen) atoms. The van der Waals surface area contributed by atoms with Gasteiger partial charge in [-0.25, -0.2) is 4.79 Å². The molecule has 0 N–H and O–H groups in total. The quantitative estimate of drug-likeness (QED) is 0.413. The number of carbonyl (C=O) groups is 2. The largest absolute Gasteiger partial charge is 0.497 e. The van der Waals surface area contributed by atoms with Crippen molar-refractivity contribution in [1.29, 1.82) is 0 Å². The van der Waals surface area contributed by atoms with Gasteiger partial charge in [0.1, 0.15) is 23.6 Å². The summed E-state index contributed by atoms with van der Waals surface area (Å²) in [5, 5.41) is -0.0292. The number of esters is 1. The maximum absolute atomic E-state index is 13.2. The van der Waals surface area contributed by atoms with Crippen LogP contribution in [0.3, 0.4) is 0 Å². The minimum atomic E-state index is -2.19. The summed E-state index contributed by atoms with van der Waals surface area (Å²) >= 11 is 0. The summed E-state index contributed by atoms with van der Waals surface area (Å²) < 4.78 is 23.5. The van der Waals surface area contributed by atoms with Crippen molar-refractivity contribution in [3.8, 4) is 5.75 Å². The highest BCUT2D eigenvalue weighted by molar-refractivity contribution is 6.74. The number of rotatable bonds is 6. The lowest BCUT2D eigenvalue weighted by atomic mass is 10.0. The third-order valence-electron chi connectivity index (χ3n) is 6.31. The summed E-state index contributed by atoms with van der Waals surface area (Å²) in [6, 6.07) is 7.27. The number of likely N-dealkylation sites (tertiary alicyclic amines) is 1. The second-order valence-electron chi connectivity index (χ2n) is 11.2. The predicted molar refractivity (Wildman–Crippen MR) is 131 cm³/mol. The number of carbonyl (C=O) groups excluding carboxylic acids is 2. The molecule has 1 fully saturated rings. The van der Waals surface area contributed by atoms with Crippen molar-refractivity contribution < 1.29 is 28.2 Å². The lowest BCUT2D eigenvalue weighted by molar-refractivity contribution is -0.151. The molecule has 7 nitrogen and oxygen atoms in total. The van der Waals surface area contributed by atoms with E-state index in [9.17, 15) is 9.59 Å². The van der Waals surface area contributed by atoms with Gasteiger partial charge in [0.15, 0.2) is 8.32 Å². The summed E-state index contributed by atoms with van der Waals surface area (Å²) in [6.07, 6.45) is -0.949. The molecule has 0 aromatic heterocycles. The third-order valence-corrected chi connectivity index (χ3v) is 10.8. The molecule has 1 aliphatic heterocycles. The fraction of sp³-hybridized carbons (Fsp3) is 0.680. The van der Waals surface area contributed by atoms with E-state index in [-0.39, 0.29) is 5.04 Å². The van der Waals surface area contributed by atoms with Crippen molar-refractivity contribution >= 4 is 20.4 Å². The summed E-state index contributed by atoms with van der Waals surface area (Å²) in [7, 11) is -0.574. The molecule has 0 spiro atoms. The standard InChI is InChI=1S/C25H41NO6Si/c1-17(27)30-22-20(15-18-11-13-19(29-8)14-12-18)26(23(28)31-24(2,3)4)16-21(22)32-33(9,10)25(5,6)7/h11-14,20-22H,15-16H2,1-10H3/t20-,21+,22+/m1/s1. The van der Waals surface area contributed by atoms with E-state index >= 15 is 0 Å². The van der Waals surface area contributed by atoms with E-state index in [1.165, 1.54) is 6.92 Å². The topological polar surface area (TPSA) is 74.3 Å². The number of nitrogens with zero attached hydrogens (tertiary/aromatic N) is 1. The van der Waals surface area contributed by atoms with Crippen LogP contribution in [0, 0.1) is 0 Å². The molecular weight excluding hydrogens is 438 g/mol. The Morgan fingerprint density at radius 3 is 2.09 bits per heavy atom. The third kappa shape index (κ3) is 7.21. The van der Waals surface area contributed by atoms with Crippen LogP contribution >= 0.6 is 0 Å². The van der Waals surface area contributed by atoms with Gasteiger partial charge in [-0.2, -0.15) is 0 Å². The number of amides is 1. The lowest BCUT2D eigenvalue weighted by Crippen LogP contribution is -2.48. The normalized spacial score (nSPS) is 21.6. The van der Waals surface area contributed by atoms with E-state index < -0.39 is 44.2 Å². The zero-order valence-electron chi connectivity index (χ0n) is 21.9. The summed E-state index contributed by atoms with van der Waals surface area (Å²) in [6.45, 7) is 18.0. The molecule has 1 aromatic carbocycles. The number of hydrogen-bond donors (Lipinski definition) is 0. The van der Waals surface area contributed by atoms with E-state index in [1.807, 2.05) is 45.0 Å². The van der Waals surface area contributed by atoms with E-state index in [1.54, 1.807) is 12.0 Å². The van der Waals surface area contributed by atoms with Gasteiger partial charge >= 0.3 is 12.1 Å². The van der Waals surface area contributed by atoms with Crippen molar-refractivity contribution in [3.63, 3.8) is 0 Å². The molecule has 0 bridgehead atoms. The molecule has 1 aliphatic rings. The van der Waals surface area contributed by atoms with Crippen LogP contribution in [0.1, 0.15) is 54.0 Å². The average Bonchev–Trinajstić information content (AvgIpc) is 2.96. The van der Waals surface area contributed by atoms with Crippen LogP contribution in [0.4, 0.5) is 4.79 Å². The van der Waals surface area contributed by atoms with Gasteiger partial charge in [0.25, 0.3) is 0 Å². The number of methoxy groups -OCH3 is 1. The Kier molecular flexibility index (Phi) is 8.28. The van der Waals surface area contributed by atoms with Crippen LogP contribution in [0.25, 0.3) is 0 Å². The molecule has 1 heterocycles. The van der Waals surface area contributed by atoms with Crippen LogP contribution in [0.15, 0.2) is 24.3 Å². The molecule has 3 atom stereocenters. The first-order valence-corrected chi connectivity index (χ1v) is 14.4. The smallest absolute Gasteiger partial charge is 0.410 e. The molecule has 0 radical (unpaired) electrons. The highest BCUT2D eigenvalue weighted by Crippen LogP contribution is 2.40. The molecular formula is C25H41NO6Si. The summed E-state index contributed by atoms with van der Waals surface area (Å²) in [5.41, 5.74) is 0.358. The van der Waals surface area contributed by atoms with Crippen LogP contribution in [-0.2, 0) is 25.1 Å². The van der Waals surface area contributed by atoms with Crippen molar-refractivity contribution in [2.45, 2.75) is 96.9 Å². The lowest BCUT2D eigenvalue weighted by Gasteiger charge is -2.39. The van der Waals surface area contributed by atoms with E-state index in [2.05, 4.69) is 33.9 Å². The Morgan fingerprint density at radius 1 is 1.06 bits per heavy atom. The molecule has 2 rings (SSSR count). The monoisotopic (exact) mass is 479 g/mol. The maximum Gasteiger partial charge on any atom is 0.410 e. The maximum atomic E-state index is 13.2. The molecule has 186 valence electrons. The molecule has 0 saturated carbocycles. The average molecular weight is 480 g/mol. The van der Waals surface area contributed by atoms with Crippen LogP contribution in [0.5, 0.6) is 5.75 Å². The SMILES string of the molecule is COc1ccc(C[C@@H]2[C@H](OC(C)=O)[C@@H](O[Si](C)(C)C(C)(C)C)CN2C(=O)OC(C)(C)C)cc1. The van der Waals surface area contributed by atoms with Gasteiger partial charge in [-0.1, -0.05) is 32.9 Å². The Bertz CT molecular complexity index is 825. The second kappa shape index (κ2) is 10.1. The van der Waals surface area contributed by atoms with E-state index in [4.69, 9.17) is 18.6 Å².